The molecule has 0 aliphatic heterocycles. The molecular formula is C12H11BrN2O. The summed E-state index contributed by atoms with van der Waals surface area (Å²) >= 11 is 3.36. The zero-order chi connectivity index (χ0) is 11.5. The predicted octanol–water partition coefficient (Wildman–Crippen LogP) is 3.34. The number of H-pyrrole nitrogens is 1. The first kappa shape index (κ1) is 11.0. The summed E-state index contributed by atoms with van der Waals surface area (Å²) in [5.74, 6) is -0.100. The van der Waals surface area contributed by atoms with Gasteiger partial charge in [0.25, 0.3) is 5.91 Å². The van der Waals surface area contributed by atoms with Gasteiger partial charge in [-0.05, 0) is 31.2 Å². The molecule has 0 aliphatic rings. The molecule has 16 heavy (non-hydrogen) atoms. The topological polar surface area (TPSA) is 44.9 Å². The normalized spacial score (nSPS) is 10.1. The summed E-state index contributed by atoms with van der Waals surface area (Å²) in [6.07, 6.45) is 1.76. The third kappa shape index (κ3) is 2.33. The summed E-state index contributed by atoms with van der Waals surface area (Å²) in [5, 5.41) is 2.84. The smallest absolute Gasteiger partial charge is 0.257 e. The highest BCUT2D eigenvalue weighted by atomic mass is 79.9. The van der Waals surface area contributed by atoms with Gasteiger partial charge >= 0.3 is 0 Å². The number of carbonyl (C=O) groups excluding carboxylic acids is 1. The van der Waals surface area contributed by atoms with Crippen molar-refractivity contribution in [3.05, 3.63) is 52.3 Å². The first-order chi connectivity index (χ1) is 7.66. The van der Waals surface area contributed by atoms with Gasteiger partial charge in [0.05, 0.1) is 5.56 Å². The standard InChI is InChI=1S/C12H11BrN2O/c1-8-11(5-6-14-8)12(16)15-10-4-2-3-9(13)7-10/h2-7,14H,1H3,(H,15,16). The van der Waals surface area contributed by atoms with E-state index in [1.165, 1.54) is 0 Å². The number of amides is 1. The number of anilines is 1. The summed E-state index contributed by atoms with van der Waals surface area (Å²) < 4.78 is 0.941. The number of aryl methyl sites for hydroxylation is 1. The predicted molar refractivity (Wildman–Crippen MR) is 67.6 cm³/mol. The highest BCUT2D eigenvalue weighted by molar-refractivity contribution is 9.10. The molecule has 0 aliphatic carbocycles. The van der Waals surface area contributed by atoms with Gasteiger partial charge < -0.3 is 10.3 Å². The average molecular weight is 279 g/mol. The second kappa shape index (κ2) is 4.53. The van der Waals surface area contributed by atoms with Crippen molar-refractivity contribution in [3.8, 4) is 0 Å². The summed E-state index contributed by atoms with van der Waals surface area (Å²) in [6, 6.07) is 9.27. The quantitative estimate of drug-likeness (QED) is 0.870. The van der Waals surface area contributed by atoms with Crippen LogP contribution in [0.1, 0.15) is 16.1 Å². The Labute approximate surface area is 102 Å². The molecule has 1 aromatic carbocycles. The minimum absolute atomic E-state index is 0.100. The van der Waals surface area contributed by atoms with Crippen LogP contribution in [0.2, 0.25) is 0 Å². The summed E-state index contributed by atoms with van der Waals surface area (Å²) in [6.45, 7) is 1.87. The molecule has 2 aromatic rings. The van der Waals surface area contributed by atoms with Crippen molar-refractivity contribution in [2.75, 3.05) is 5.32 Å². The van der Waals surface area contributed by atoms with E-state index >= 15 is 0 Å². The van der Waals surface area contributed by atoms with Crippen LogP contribution in [-0.4, -0.2) is 10.9 Å². The molecule has 0 saturated heterocycles. The Morgan fingerprint density at radius 2 is 2.19 bits per heavy atom. The fraction of sp³-hybridized carbons (Fsp3) is 0.0833. The second-order valence-corrected chi connectivity index (χ2v) is 4.40. The lowest BCUT2D eigenvalue weighted by molar-refractivity contribution is 0.102. The Bertz CT molecular complexity index is 519. The second-order valence-electron chi connectivity index (χ2n) is 3.48. The van der Waals surface area contributed by atoms with E-state index in [9.17, 15) is 4.79 Å². The van der Waals surface area contributed by atoms with Crippen molar-refractivity contribution in [1.82, 2.24) is 4.98 Å². The fourth-order valence-corrected chi connectivity index (χ4v) is 1.86. The SMILES string of the molecule is Cc1[nH]ccc1C(=O)Nc1cccc(Br)c1. The minimum Gasteiger partial charge on any atom is -0.365 e. The number of halogens is 1. The van der Waals surface area contributed by atoms with E-state index in [0.29, 0.717) is 5.56 Å². The van der Waals surface area contributed by atoms with Crippen LogP contribution in [0.4, 0.5) is 5.69 Å². The van der Waals surface area contributed by atoms with Crippen molar-refractivity contribution in [3.63, 3.8) is 0 Å². The molecule has 1 heterocycles. The van der Waals surface area contributed by atoms with Gasteiger partial charge in [0.15, 0.2) is 0 Å². The monoisotopic (exact) mass is 278 g/mol. The molecule has 0 spiro atoms. The summed E-state index contributed by atoms with van der Waals surface area (Å²) in [7, 11) is 0. The molecule has 0 atom stereocenters. The van der Waals surface area contributed by atoms with E-state index in [4.69, 9.17) is 0 Å². The largest absolute Gasteiger partial charge is 0.365 e. The van der Waals surface area contributed by atoms with Crippen LogP contribution in [0.15, 0.2) is 41.0 Å². The van der Waals surface area contributed by atoms with E-state index in [1.54, 1.807) is 12.3 Å². The van der Waals surface area contributed by atoms with Gasteiger partial charge in [-0.1, -0.05) is 22.0 Å². The van der Waals surface area contributed by atoms with E-state index in [2.05, 4.69) is 26.2 Å². The van der Waals surface area contributed by atoms with Gasteiger partial charge in [-0.2, -0.15) is 0 Å². The zero-order valence-electron chi connectivity index (χ0n) is 8.75. The Balaban J connectivity index is 2.17. The van der Waals surface area contributed by atoms with Gasteiger partial charge in [0, 0.05) is 22.1 Å². The maximum absolute atomic E-state index is 11.9. The maximum Gasteiger partial charge on any atom is 0.257 e. The number of aromatic amines is 1. The molecule has 1 aromatic heterocycles. The third-order valence-corrected chi connectivity index (χ3v) is 2.77. The third-order valence-electron chi connectivity index (χ3n) is 2.28. The minimum atomic E-state index is -0.100. The highest BCUT2D eigenvalue weighted by Gasteiger charge is 2.09. The van der Waals surface area contributed by atoms with E-state index < -0.39 is 0 Å². The molecule has 0 saturated carbocycles. The molecule has 3 nitrogen and oxygen atoms in total. The summed E-state index contributed by atoms with van der Waals surface area (Å²) in [5.41, 5.74) is 2.31. The van der Waals surface area contributed by atoms with Crippen molar-refractivity contribution < 1.29 is 4.79 Å². The first-order valence-electron chi connectivity index (χ1n) is 4.88. The Hall–Kier alpha value is -1.55. The van der Waals surface area contributed by atoms with Crippen LogP contribution in [0, 0.1) is 6.92 Å². The number of rotatable bonds is 2. The molecule has 0 fully saturated rings. The molecule has 82 valence electrons. The number of hydrogen-bond acceptors (Lipinski definition) is 1. The number of hydrogen-bond donors (Lipinski definition) is 2. The maximum atomic E-state index is 11.9. The zero-order valence-corrected chi connectivity index (χ0v) is 10.3. The fourth-order valence-electron chi connectivity index (χ4n) is 1.46. The van der Waals surface area contributed by atoms with Gasteiger partial charge in [-0.15, -0.1) is 0 Å². The lowest BCUT2D eigenvalue weighted by Crippen LogP contribution is -2.12. The van der Waals surface area contributed by atoms with Crippen LogP contribution in [0.3, 0.4) is 0 Å². The number of nitrogens with one attached hydrogen (secondary N) is 2. The molecule has 0 unspecified atom stereocenters. The molecule has 1 amide bonds. The van der Waals surface area contributed by atoms with Crippen LogP contribution >= 0.6 is 15.9 Å². The van der Waals surface area contributed by atoms with Gasteiger partial charge in [-0.3, -0.25) is 4.79 Å². The molecular weight excluding hydrogens is 268 g/mol. The van der Waals surface area contributed by atoms with Crippen LogP contribution < -0.4 is 5.32 Å². The number of benzene rings is 1. The van der Waals surface area contributed by atoms with Crippen molar-refractivity contribution in [2.24, 2.45) is 0 Å². The molecule has 0 bridgehead atoms. The lowest BCUT2D eigenvalue weighted by atomic mass is 10.2. The highest BCUT2D eigenvalue weighted by Crippen LogP contribution is 2.17. The van der Waals surface area contributed by atoms with E-state index in [-0.39, 0.29) is 5.91 Å². The van der Waals surface area contributed by atoms with E-state index in [1.807, 2.05) is 31.2 Å². The molecule has 4 heteroatoms. The lowest BCUT2D eigenvalue weighted by Gasteiger charge is -2.04. The van der Waals surface area contributed by atoms with Gasteiger partial charge in [0.2, 0.25) is 0 Å². The molecule has 0 radical (unpaired) electrons. The first-order valence-corrected chi connectivity index (χ1v) is 5.67. The van der Waals surface area contributed by atoms with Crippen molar-refractivity contribution >= 4 is 27.5 Å². The number of aromatic nitrogens is 1. The van der Waals surface area contributed by atoms with E-state index in [0.717, 1.165) is 15.9 Å². The average Bonchev–Trinajstić information content (AvgIpc) is 2.64. The molecule has 2 rings (SSSR count). The molecule has 2 N–H and O–H groups in total. The number of carbonyl (C=O) groups is 1. The summed E-state index contributed by atoms with van der Waals surface area (Å²) in [4.78, 5) is 14.8. The van der Waals surface area contributed by atoms with Crippen LogP contribution in [0.5, 0.6) is 0 Å². The van der Waals surface area contributed by atoms with Gasteiger partial charge in [0.1, 0.15) is 0 Å². The Morgan fingerprint density at radius 3 is 2.81 bits per heavy atom. The van der Waals surface area contributed by atoms with Crippen molar-refractivity contribution in [2.45, 2.75) is 6.92 Å². The Kier molecular flexibility index (Phi) is 3.10. The van der Waals surface area contributed by atoms with Gasteiger partial charge in [-0.25, -0.2) is 0 Å². The van der Waals surface area contributed by atoms with Crippen LogP contribution in [0.25, 0.3) is 0 Å². The van der Waals surface area contributed by atoms with Crippen LogP contribution in [-0.2, 0) is 0 Å². The Morgan fingerprint density at radius 1 is 1.38 bits per heavy atom. The van der Waals surface area contributed by atoms with Crippen molar-refractivity contribution in [1.29, 1.82) is 0 Å².